The highest BCUT2D eigenvalue weighted by Crippen LogP contribution is 2.31. The lowest BCUT2D eigenvalue weighted by molar-refractivity contribution is 0.424. The first-order chi connectivity index (χ1) is 13.3. The van der Waals surface area contributed by atoms with Crippen LogP contribution in [0.25, 0.3) is 5.69 Å². The predicted octanol–water partition coefficient (Wildman–Crippen LogP) is 2.48. The van der Waals surface area contributed by atoms with Crippen molar-refractivity contribution in [2.24, 2.45) is 24.3 Å². The molecular weight excluding hydrogens is 360 g/mol. The van der Waals surface area contributed by atoms with E-state index < -0.39 is 11.4 Å². The van der Waals surface area contributed by atoms with Gasteiger partial charge in [-0.1, -0.05) is 18.2 Å². The lowest BCUT2D eigenvalue weighted by atomic mass is 10.1. The molecule has 9 heteroatoms. The number of azo groups is 1. The maximum Gasteiger partial charge on any atom is 0.299 e. The number of rotatable bonds is 3. The maximum atomic E-state index is 12.9. The number of para-hydroxylation sites is 1. The zero-order valence-electron chi connectivity index (χ0n) is 15.8. The Morgan fingerprint density at radius 2 is 1.61 bits per heavy atom. The molecule has 3 aromatic rings. The van der Waals surface area contributed by atoms with Gasteiger partial charge < -0.3 is 5.11 Å². The van der Waals surface area contributed by atoms with Gasteiger partial charge >= 0.3 is 0 Å². The number of pyridine rings is 1. The lowest BCUT2D eigenvalue weighted by Crippen LogP contribution is -2.20. The second-order valence-electron chi connectivity index (χ2n) is 6.26. The van der Waals surface area contributed by atoms with Crippen LogP contribution in [0.1, 0.15) is 16.8 Å². The fourth-order valence-electron chi connectivity index (χ4n) is 2.89. The average Bonchev–Trinajstić information content (AvgIpc) is 2.90. The molecule has 0 aliphatic heterocycles. The van der Waals surface area contributed by atoms with E-state index in [-0.39, 0.29) is 28.1 Å². The summed E-state index contributed by atoms with van der Waals surface area (Å²) in [5, 5.41) is 27.5. The minimum atomic E-state index is -0.626. The SMILES string of the molecule is Cc1c(/N=N/c2c(C)n(C)n(-c3ccccc3)c2=O)c(O)n(C)c(=O)c1C#N. The zero-order valence-corrected chi connectivity index (χ0v) is 15.8. The van der Waals surface area contributed by atoms with Crippen molar-refractivity contribution in [3.63, 3.8) is 0 Å². The quantitative estimate of drug-likeness (QED) is 0.704. The van der Waals surface area contributed by atoms with Crippen LogP contribution in [-0.4, -0.2) is 19.0 Å². The highest BCUT2D eigenvalue weighted by molar-refractivity contribution is 5.59. The summed E-state index contributed by atoms with van der Waals surface area (Å²) in [6, 6.07) is 10.9. The van der Waals surface area contributed by atoms with E-state index >= 15 is 0 Å². The molecule has 2 heterocycles. The smallest absolute Gasteiger partial charge is 0.299 e. The van der Waals surface area contributed by atoms with Crippen LogP contribution in [0.5, 0.6) is 5.88 Å². The third-order valence-corrected chi connectivity index (χ3v) is 4.66. The van der Waals surface area contributed by atoms with Crippen LogP contribution in [0.3, 0.4) is 0 Å². The number of nitriles is 1. The minimum absolute atomic E-state index is 0.0347. The number of aromatic nitrogens is 3. The van der Waals surface area contributed by atoms with E-state index in [1.54, 1.807) is 30.8 Å². The van der Waals surface area contributed by atoms with Crippen molar-refractivity contribution in [2.75, 3.05) is 0 Å². The van der Waals surface area contributed by atoms with Gasteiger partial charge in [0.05, 0.1) is 11.4 Å². The highest BCUT2D eigenvalue weighted by Gasteiger charge is 2.19. The molecule has 0 amide bonds. The molecule has 1 aromatic carbocycles. The fourth-order valence-corrected chi connectivity index (χ4v) is 2.89. The van der Waals surface area contributed by atoms with Gasteiger partial charge in [0, 0.05) is 19.7 Å². The van der Waals surface area contributed by atoms with Gasteiger partial charge in [-0.15, -0.1) is 10.2 Å². The van der Waals surface area contributed by atoms with E-state index in [2.05, 4.69) is 10.2 Å². The summed E-state index contributed by atoms with van der Waals surface area (Å²) in [6.07, 6.45) is 0. The minimum Gasteiger partial charge on any atom is -0.493 e. The Kier molecular flexibility index (Phi) is 4.71. The van der Waals surface area contributed by atoms with Crippen LogP contribution in [0.15, 0.2) is 50.1 Å². The summed E-state index contributed by atoms with van der Waals surface area (Å²) in [5.74, 6) is -0.429. The van der Waals surface area contributed by atoms with Gasteiger partial charge in [0.25, 0.3) is 11.1 Å². The van der Waals surface area contributed by atoms with Crippen LogP contribution in [0, 0.1) is 25.2 Å². The molecule has 0 aliphatic carbocycles. The molecule has 1 N–H and O–H groups in total. The average molecular weight is 378 g/mol. The summed E-state index contributed by atoms with van der Waals surface area (Å²) in [5.41, 5.74) is 0.360. The van der Waals surface area contributed by atoms with E-state index in [1.807, 2.05) is 24.3 Å². The summed E-state index contributed by atoms with van der Waals surface area (Å²) in [4.78, 5) is 24.9. The van der Waals surface area contributed by atoms with Crippen molar-refractivity contribution in [2.45, 2.75) is 13.8 Å². The largest absolute Gasteiger partial charge is 0.493 e. The molecule has 0 atom stereocenters. The van der Waals surface area contributed by atoms with Gasteiger partial charge in [0.1, 0.15) is 11.6 Å². The van der Waals surface area contributed by atoms with Crippen LogP contribution in [0.4, 0.5) is 11.4 Å². The first-order valence-corrected chi connectivity index (χ1v) is 8.38. The molecule has 0 aliphatic rings. The Morgan fingerprint density at radius 1 is 1.00 bits per heavy atom. The standard InChI is InChI=1S/C19H18N6O3/c1-11-14(10-20)17(26)23(3)18(27)15(11)21-22-16-12(2)24(4)25(19(16)28)13-8-6-5-7-9-13/h5-9,27H,1-4H3/b22-21+. The first-order valence-electron chi connectivity index (χ1n) is 8.38. The van der Waals surface area contributed by atoms with Gasteiger partial charge in [0.2, 0.25) is 5.88 Å². The molecule has 3 rings (SSSR count). The fraction of sp³-hybridized carbons (Fsp3) is 0.211. The number of benzene rings is 1. The van der Waals surface area contributed by atoms with Gasteiger partial charge in [-0.3, -0.25) is 18.8 Å². The summed E-state index contributed by atoms with van der Waals surface area (Å²) >= 11 is 0. The van der Waals surface area contributed by atoms with Crippen LogP contribution in [-0.2, 0) is 14.1 Å². The number of hydrogen-bond donors (Lipinski definition) is 1. The van der Waals surface area contributed by atoms with Gasteiger partial charge in [-0.25, -0.2) is 4.68 Å². The zero-order chi connectivity index (χ0) is 20.6. The third kappa shape index (κ3) is 2.81. The molecule has 142 valence electrons. The van der Waals surface area contributed by atoms with Crippen molar-refractivity contribution < 1.29 is 5.11 Å². The van der Waals surface area contributed by atoms with Gasteiger partial charge in [0.15, 0.2) is 11.4 Å². The second-order valence-corrected chi connectivity index (χ2v) is 6.26. The Hall–Kier alpha value is -3.93. The maximum absolute atomic E-state index is 12.9. The van der Waals surface area contributed by atoms with Gasteiger partial charge in [-0.05, 0) is 26.0 Å². The number of aromatic hydroxyl groups is 1. The normalized spacial score (nSPS) is 11.1. The van der Waals surface area contributed by atoms with Crippen LogP contribution in [0.2, 0.25) is 0 Å². The van der Waals surface area contributed by atoms with Crippen molar-refractivity contribution >= 4 is 11.4 Å². The molecular formula is C19H18N6O3. The third-order valence-electron chi connectivity index (χ3n) is 4.66. The van der Waals surface area contributed by atoms with E-state index in [0.717, 1.165) is 4.57 Å². The van der Waals surface area contributed by atoms with Crippen molar-refractivity contribution in [1.29, 1.82) is 5.26 Å². The van der Waals surface area contributed by atoms with E-state index in [9.17, 15) is 20.0 Å². The lowest BCUT2D eigenvalue weighted by Gasteiger charge is -2.08. The monoisotopic (exact) mass is 378 g/mol. The van der Waals surface area contributed by atoms with Gasteiger partial charge in [-0.2, -0.15) is 5.26 Å². The van der Waals surface area contributed by atoms with Crippen LogP contribution >= 0.6 is 0 Å². The Balaban J connectivity index is 2.19. The van der Waals surface area contributed by atoms with Crippen molar-refractivity contribution in [1.82, 2.24) is 13.9 Å². The molecule has 9 nitrogen and oxygen atoms in total. The molecule has 0 fully saturated rings. The van der Waals surface area contributed by atoms with Crippen molar-refractivity contribution in [3.8, 4) is 17.6 Å². The highest BCUT2D eigenvalue weighted by atomic mass is 16.3. The molecule has 0 saturated heterocycles. The topological polar surface area (TPSA) is 118 Å². The molecule has 0 unspecified atom stereocenters. The molecule has 28 heavy (non-hydrogen) atoms. The Morgan fingerprint density at radius 3 is 2.21 bits per heavy atom. The summed E-state index contributed by atoms with van der Waals surface area (Å²) in [7, 11) is 3.05. The molecule has 0 spiro atoms. The van der Waals surface area contributed by atoms with Crippen molar-refractivity contribution in [3.05, 3.63) is 67.9 Å². The summed E-state index contributed by atoms with van der Waals surface area (Å²) < 4.78 is 4.03. The molecule has 0 bridgehead atoms. The van der Waals surface area contributed by atoms with E-state index in [4.69, 9.17) is 0 Å². The summed E-state index contributed by atoms with van der Waals surface area (Å²) in [6.45, 7) is 3.22. The Bertz CT molecular complexity index is 1260. The first kappa shape index (κ1) is 18.8. The van der Waals surface area contributed by atoms with Crippen LogP contribution < -0.4 is 11.1 Å². The molecule has 0 saturated carbocycles. The number of hydrogen-bond acceptors (Lipinski definition) is 6. The molecule has 0 radical (unpaired) electrons. The second kappa shape index (κ2) is 7.00. The van der Waals surface area contributed by atoms with E-state index in [0.29, 0.717) is 11.4 Å². The predicted molar refractivity (Wildman–Crippen MR) is 103 cm³/mol. The molecule has 2 aromatic heterocycles. The van der Waals surface area contributed by atoms with E-state index in [1.165, 1.54) is 18.7 Å². The number of nitrogens with zero attached hydrogens (tertiary/aromatic N) is 6. The Labute approximate surface area is 160 Å².